The lowest BCUT2D eigenvalue weighted by molar-refractivity contribution is 1.12. The number of rotatable bonds is 1. The fourth-order valence-corrected chi connectivity index (χ4v) is 1.83. The summed E-state index contributed by atoms with van der Waals surface area (Å²) in [5, 5.41) is 8.35. The third-order valence-corrected chi connectivity index (χ3v) is 2.68. The molecule has 3 heteroatoms. The molecule has 0 aliphatic heterocycles. The van der Waals surface area contributed by atoms with Crippen molar-refractivity contribution in [3.63, 3.8) is 0 Å². The molecule has 3 nitrogen and oxygen atoms in total. The van der Waals surface area contributed by atoms with Crippen LogP contribution in [0.5, 0.6) is 0 Å². The maximum Gasteiger partial charge on any atom is 0.100 e. The highest BCUT2D eigenvalue weighted by atomic mass is 15.1. The second-order valence-corrected chi connectivity index (χ2v) is 3.71. The molecule has 1 N–H and O–H groups in total. The Hall–Kier alpha value is -2.60. The lowest BCUT2D eigenvalue weighted by atomic mass is 10.1. The number of pyridine rings is 1. The van der Waals surface area contributed by atoms with Gasteiger partial charge in [0.15, 0.2) is 0 Å². The van der Waals surface area contributed by atoms with Gasteiger partial charge in [0, 0.05) is 28.9 Å². The Bertz CT molecular complexity index is 705. The molecule has 2 heterocycles. The Balaban J connectivity index is 2.28. The van der Waals surface area contributed by atoms with Gasteiger partial charge < -0.3 is 0 Å². The van der Waals surface area contributed by atoms with E-state index in [4.69, 9.17) is 6.42 Å². The van der Waals surface area contributed by atoms with Crippen LogP contribution in [0.2, 0.25) is 0 Å². The van der Waals surface area contributed by atoms with E-state index in [1.807, 2.05) is 30.3 Å². The van der Waals surface area contributed by atoms with Gasteiger partial charge in [-0.15, -0.1) is 6.42 Å². The van der Waals surface area contributed by atoms with Gasteiger partial charge in [0.25, 0.3) is 0 Å². The van der Waals surface area contributed by atoms with Gasteiger partial charge in [-0.3, -0.25) is 10.1 Å². The number of fused-ring (bicyclic) bond motifs is 1. The molecule has 0 radical (unpaired) electrons. The zero-order valence-electron chi connectivity index (χ0n) is 9.01. The second-order valence-electron chi connectivity index (χ2n) is 3.71. The first kappa shape index (κ1) is 9.61. The van der Waals surface area contributed by atoms with Crippen molar-refractivity contribution < 1.29 is 0 Å². The number of terminal acetylenes is 1. The standard InChI is InChI=1S/C14H9N3/c1-2-10-3-4-13-12(9-10)14(17-16-13)11-5-7-15-8-6-11/h1,3-9H,(H,16,17). The molecule has 0 aliphatic rings. The first-order valence-corrected chi connectivity index (χ1v) is 5.23. The molecule has 3 aromatic rings. The molecule has 1 aromatic carbocycles. The van der Waals surface area contributed by atoms with E-state index in [2.05, 4.69) is 21.1 Å². The fourth-order valence-electron chi connectivity index (χ4n) is 1.83. The first-order valence-electron chi connectivity index (χ1n) is 5.23. The molecule has 0 spiro atoms. The number of H-pyrrole nitrogens is 1. The Morgan fingerprint density at radius 2 is 1.94 bits per heavy atom. The van der Waals surface area contributed by atoms with Crippen LogP contribution in [0.25, 0.3) is 22.2 Å². The number of aromatic amines is 1. The van der Waals surface area contributed by atoms with E-state index in [-0.39, 0.29) is 0 Å². The van der Waals surface area contributed by atoms with Crippen LogP contribution >= 0.6 is 0 Å². The van der Waals surface area contributed by atoms with Crippen LogP contribution in [-0.4, -0.2) is 15.2 Å². The summed E-state index contributed by atoms with van der Waals surface area (Å²) in [6, 6.07) is 9.67. The number of nitrogens with zero attached hydrogens (tertiary/aromatic N) is 2. The zero-order valence-corrected chi connectivity index (χ0v) is 9.01. The van der Waals surface area contributed by atoms with Crippen molar-refractivity contribution in [2.75, 3.05) is 0 Å². The van der Waals surface area contributed by atoms with Gasteiger partial charge in [0.1, 0.15) is 5.69 Å². The number of hydrogen-bond acceptors (Lipinski definition) is 2. The van der Waals surface area contributed by atoms with Crippen molar-refractivity contribution in [2.24, 2.45) is 0 Å². The first-order chi connectivity index (χ1) is 8.38. The van der Waals surface area contributed by atoms with Gasteiger partial charge in [-0.25, -0.2) is 0 Å². The van der Waals surface area contributed by atoms with E-state index in [9.17, 15) is 0 Å². The third-order valence-electron chi connectivity index (χ3n) is 2.68. The topological polar surface area (TPSA) is 41.6 Å². The van der Waals surface area contributed by atoms with Crippen LogP contribution in [0.4, 0.5) is 0 Å². The van der Waals surface area contributed by atoms with E-state index < -0.39 is 0 Å². The van der Waals surface area contributed by atoms with Gasteiger partial charge in [-0.05, 0) is 30.3 Å². The molecular weight excluding hydrogens is 210 g/mol. The SMILES string of the molecule is C#Cc1ccc2[nH]nc(-c3ccncc3)c2c1. The fraction of sp³-hybridized carbons (Fsp3) is 0. The average Bonchev–Trinajstić information content (AvgIpc) is 2.82. The van der Waals surface area contributed by atoms with Crippen molar-refractivity contribution in [1.29, 1.82) is 0 Å². The van der Waals surface area contributed by atoms with Gasteiger partial charge >= 0.3 is 0 Å². The minimum atomic E-state index is 0.856. The van der Waals surface area contributed by atoms with E-state index >= 15 is 0 Å². The molecule has 0 atom stereocenters. The Labute approximate surface area is 98.5 Å². The van der Waals surface area contributed by atoms with Crippen molar-refractivity contribution in [1.82, 2.24) is 15.2 Å². The highest BCUT2D eigenvalue weighted by Crippen LogP contribution is 2.26. The summed E-state index contributed by atoms with van der Waals surface area (Å²) in [6.45, 7) is 0. The molecule has 2 aromatic heterocycles. The summed E-state index contributed by atoms with van der Waals surface area (Å²) in [5.41, 5.74) is 3.77. The number of benzene rings is 1. The van der Waals surface area contributed by atoms with Crippen LogP contribution in [0.15, 0.2) is 42.7 Å². The predicted molar refractivity (Wildman–Crippen MR) is 67.3 cm³/mol. The van der Waals surface area contributed by atoms with Crippen molar-refractivity contribution in [2.45, 2.75) is 0 Å². The van der Waals surface area contributed by atoms with Crippen molar-refractivity contribution in [3.05, 3.63) is 48.3 Å². The maximum absolute atomic E-state index is 5.41. The summed E-state index contributed by atoms with van der Waals surface area (Å²) in [5.74, 6) is 2.63. The van der Waals surface area contributed by atoms with E-state index in [1.165, 1.54) is 0 Å². The number of nitrogens with one attached hydrogen (secondary N) is 1. The van der Waals surface area contributed by atoms with Crippen LogP contribution < -0.4 is 0 Å². The zero-order chi connectivity index (χ0) is 11.7. The molecule has 17 heavy (non-hydrogen) atoms. The Morgan fingerprint density at radius 3 is 2.71 bits per heavy atom. The monoisotopic (exact) mass is 219 g/mol. The molecule has 0 aliphatic carbocycles. The van der Waals surface area contributed by atoms with E-state index in [0.717, 1.165) is 27.7 Å². The summed E-state index contributed by atoms with van der Waals surface area (Å²) in [7, 11) is 0. The number of aromatic nitrogens is 3. The Kier molecular flexibility index (Phi) is 2.13. The van der Waals surface area contributed by atoms with Gasteiger partial charge in [0.05, 0.1) is 5.52 Å². The van der Waals surface area contributed by atoms with E-state index in [1.54, 1.807) is 12.4 Å². The predicted octanol–water partition coefficient (Wildman–Crippen LogP) is 2.61. The molecule has 3 rings (SSSR count). The summed E-state index contributed by atoms with van der Waals surface area (Å²) >= 11 is 0. The molecule has 80 valence electrons. The normalized spacial score (nSPS) is 10.3. The molecule has 0 saturated heterocycles. The van der Waals surface area contributed by atoms with Crippen LogP contribution in [0.1, 0.15) is 5.56 Å². The molecule has 0 amide bonds. The number of hydrogen-bond donors (Lipinski definition) is 1. The minimum Gasteiger partial charge on any atom is -0.277 e. The van der Waals surface area contributed by atoms with Gasteiger partial charge in [-0.1, -0.05) is 5.92 Å². The Morgan fingerprint density at radius 1 is 1.12 bits per heavy atom. The highest BCUT2D eigenvalue weighted by molar-refractivity contribution is 5.93. The van der Waals surface area contributed by atoms with Gasteiger partial charge in [-0.2, -0.15) is 5.10 Å². The average molecular weight is 219 g/mol. The lowest BCUT2D eigenvalue weighted by Gasteiger charge is -1.97. The maximum atomic E-state index is 5.41. The molecule has 0 bridgehead atoms. The molecular formula is C14H9N3. The molecule has 0 saturated carbocycles. The molecule has 0 unspecified atom stereocenters. The van der Waals surface area contributed by atoms with E-state index in [0.29, 0.717) is 0 Å². The summed E-state index contributed by atoms with van der Waals surface area (Å²) < 4.78 is 0. The quantitative estimate of drug-likeness (QED) is 0.639. The smallest absolute Gasteiger partial charge is 0.100 e. The summed E-state index contributed by atoms with van der Waals surface area (Å²) in [6.07, 6.45) is 8.91. The minimum absolute atomic E-state index is 0.856. The van der Waals surface area contributed by atoms with Crippen LogP contribution in [0, 0.1) is 12.3 Å². The third kappa shape index (κ3) is 1.56. The van der Waals surface area contributed by atoms with Crippen LogP contribution in [-0.2, 0) is 0 Å². The summed E-state index contributed by atoms with van der Waals surface area (Å²) in [4.78, 5) is 4.00. The lowest BCUT2D eigenvalue weighted by Crippen LogP contribution is -1.80. The van der Waals surface area contributed by atoms with Crippen molar-refractivity contribution in [3.8, 4) is 23.6 Å². The van der Waals surface area contributed by atoms with Gasteiger partial charge in [0.2, 0.25) is 0 Å². The molecule has 0 fully saturated rings. The van der Waals surface area contributed by atoms with Crippen LogP contribution in [0.3, 0.4) is 0 Å². The van der Waals surface area contributed by atoms with Crippen molar-refractivity contribution >= 4 is 10.9 Å². The highest BCUT2D eigenvalue weighted by Gasteiger charge is 2.07. The second kappa shape index (κ2) is 3.76. The largest absolute Gasteiger partial charge is 0.277 e.